The van der Waals surface area contributed by atoms with Gasteiger partial charge in [0.1, 0.15) is 5.69 Å². The maximum absolute atomic E-state index is 9.03. The van der Waals surface area contributed by atoms with Crippen molar-refractivity contribution >= 4 is 23.3 Å². The van der Waals surface area contributed by atoms with E-state index in [4.69, 9.17) is 10.8 Å². The van der Waals surface area contributed by atoms with Crippen LogP contribution in [0.1, 0.15) is 19.4 Å². The molecule has 0 aliphatic rings. The molecule has 0 bridgehead atoms. The summed E-state index contributed by atoms with van der Waals surface area (Å²) in [4.78, 5) is 10.8. The Balaban J connectivity index is 2.33. The largest absolute Gasteiger partial charge is 0.395 e. The number of rotatable bonds is 9. The summed E-state index contributed by atoms with van der Waals surface area (Å²) in [6.07, 6.45) is 1.69. The summed E-state index contributed by atoms with van der Waals surface area (Å²) in [5.74, 6) is 1.53. The standard InChI is InChI=1S/C18H26N6O/c1-4-24(13(2)3)17-15(19)16(22-18(23-17)20-10-11-25)21-12-14-8-6-5-7-9-14/h4-9,13,25H,1,10-12,19H2,2-3H3,(H2,20,21,22,23). The van der Waals surface area contributed by atoms with E-state index in [2.05, 4.69) is 27.2 Å². The quantitative estimate of drug-likeness (QED) is 0.555. The Labute approximate surface area is 148 Å². The lowest BCUT2D eigenvalue weighted by molar-refractivity contribution is 0.311. The van der Waals surface area contributed by atoms with Crippen molar-refractivity contribution in [2.75, 3.05) is 34.4 Å². The Bertz CT molecular complexity index is 689. The summed E-state index contributed by atoms with van der Waals surface area (Å²) in [6.45, 7) is 8.85. The topological polar surface area (TPSA) is 99.3 Å². The zero-order valence-electron chi connectivity index (χ0n) is 14.7. The fourth-order valence-electron chi connectivity index (χ4n) is 2.36. The highest BCUT2D eigenvalue weighted by Gasteiger charge is 2.18. The molecule has 0 unspecified atom stereocenters. The highest BCUT2D eigenvalue weighted by molar-refractivity contribution is 5.77. The Kier molecular flexibility index (Phi) is 6.59. The molecule has 5 N–H and O–H groups in total. The number of aromatic nitrogens is 2. The summed E-state index contributed by atoms with van der Waals surface area (Å²) in [7, 11) is 0. The van der Waals surface area contributed by atoms with E-state index < -0.39 is 0 Å². The third-order valence-electron chi connectivity index (χ3n) is 3.62. The van der Waals surface area contributed by atoms with Crippen molar-refractivity contribution in [3.8, 4) is 0 Å². The van der Waals surface area contributed by atoms with Crippen molar-refractivity contribution in [1.29, 1.82) is 0 Å². The number of aliphatic hydroxyl groups is 1. The van der Waals surface area contributed by atoms with E-state index in [1.165, 1.54) is 0 Å². The lowest BCUT2D eigenvalue weighted by Gasteiger charge is -2.26. The molecule has 1 aromatic heterocycles. The van der Waals surface area contributed by atoms with Crippen LogP contribution in [0.3, 0.4) is 0 Å². The summed E-state index contributed by atoms with van der Waals surface area (Å²) in [6, 6.07) is 10.1. The Morgan fingerprint density at radius 2 is 1.96 bits per heavy atom. The van der Waals surface area contributed by atoms with Gasteiger partial charge >= 0.3 is 0 Å². The fraction of sp³-hybridized carbons (Fsp3) is 0.333. The molecule has 0 spiro atoms. The fourth-order valence-corrected chi connectivity index (χ4v) is 2.36. The average molecular weight is 342 g/mol. The maximum Gasteiger partial charge on any atom is 0.226 e. The van der Waals surface area contributed by atoms with Gasteiger partial charge in [0.2, 0.25) is 5.95 Å². The van der Waals surface area contributed by atoms with Crippen LogP contribution in [0, 0.1) is 0 Å². The van der Waals surface area contributed by atoms with Gasteiger partial charge in [-0.25, -0.2) is 0 Å². The van der Waals surface area contributed by atoms with E-state index in [-0.39, 0.29) is 12.6 Å². The summed E-state index contributed by atoms with van der Waals surface area (Å²) in [5.41, 5.74) is 7.88. The van der Waals surface area contributed by atoms with Crippen molar-refractivity contribution in [3.63, 3.8) is 0 Å². The van der Waals surface area contributed by atoms with Gasteiger partial charge in [0, 0.05) is 19.1 Å². The second-order valence-corrected chi connectivity index (χ2v) is 5.81. The average Bonchev–Trinajstić information content (AvgIpc) is 2.62. The summed E-state index contributed by atoms with van der Waals surface area (Å²) >= 11 is 0. The molecule has 134 valence electrons. The Morgan fingerprint density at radius 1 is 1.24 bits per heavy atom. The van der Waals surface area contributed by atoms with Crippen LogP contribution in [0.4, 0.5) is 23.3 Å². The van der Waals surface area contributed by atoms with E-state index >= 15 is 0 Å². The Hall–Kier alpha value is -2.80. The van der Waals surface area contributed by atoms with E-state index in [1.807, 2.05) is 49.1 Å². The maximum atomic E-state index is 9.03. The smallest absolute Gasteiger partial charge is 0.226 e. The van der Waals surface area contributed by atoms with Crippen molar-refractivity contribution in [1.82, 2.24) is 9.97 Å². The molecular formula is C18H26N6O. The molecule has 0 saturated heterocycles. The first-order valence-corrected chi connectivity index (χ1v) is 8.27. The molecule has 0 fully saturated rings. The van der Waals surface area contributed by atoms with Gasteiger partial charge in [0.05, 0.1) is 6.61 Å². The molecule has 0 saturated carbocycles. The van der Waals surface area contributed by atoms with Crippen LogP contribution in [0.2, 0.25) is 0 Å². The third kappa shape index (κ3) is 4.84. The van der Waals surface area contributed by atoms with Gasteiger partial charge in [-0.2, -0.15) is 9.97 Å². The minimum absolute atomic E-state index is 0.00873. The molecule has 7 nitrogen and oxygen atoms in total. The van der Waals surface area contributed by atoms with Crippen molar-refractivity contribution in [3.05, 3.63) is 48.7 Å². The van der Waals surface area contributed by atoms with Crippen LogP contribution in [-0.2, 0) is 6.54 Å². The number of nitrogens with two attached hydrogens (primary N) is 1. The van der Waals surface area contributed by atoms with Crippen LogP contribution >= 0.6 is 0 Å². The van der Waals surface area contributed by atoms with Crippen molar-refractivity contribution < 1.29 is 5.11 Å². The SMILES string of the molecule is C=CN(c1nc(NCCO)nc(NCc2ccccc2)c1N)C(C)C. The molecule has 0 aliphatic carbocycles. The summed E-state index contributed by atoms with van der Waals surface area (Å²) < 4.78 is 0. The normalized spacial score (nSPS) is 10.6. The number of anilines is 4. The number of aliphatic hydroxyl groups excluding tert-OH is 1. The third-order valence-corrected chi connectivity index (χ3v) is 3.62. The molecule has 1 heterocycles. The molecule has 0 amide bonds. The van der Waals surface area contributed by atoms with E-state index in [0.29, 0.717) is 36.4 Å². The van der Waals surface area contributed by atoms with Crippen LogP contribution in [-0.4, -0.2) is 34.3 Å². The zero-order valence-corrected chi connectivity index (χ0v) is 14.7. The highest BCUT2D eigenvalue weighted by atomic mass is 16.3. The van der Waals surface area contributed by atoms with Crippen LogP contribution < -0.4 is 21.3 Å². The highest BCUT2D eigenvalue weighted by Crippen LogP contribution is 2.30. The number of nitrogen functional groups attached to an aromatic ring is 1. The van der Waals surface area contributed by atoms with Crippen LogP contribution in [0.5, 0.6) is 0 Å². The second kappa shape index (κ2) is 8.89. The molecule has 0 radical (unpaired) electrons. The van der Waals surface area contributed by atoms with Gasteiger partial charge in [-0.1, -0.05) is 36.9 Å². The van der Waals surface area contributed by atoms with Gasteiger partial charge in [-0.15, -0.1) is 0 Å². The number of benzene rings is 1. The van der Waals surface area contributed by atoms with Gasteiger partial charge in [0.25, 0.3) is 0 Å². The van der Waals surface area contributed by atoms with E-state index in [0.717, 1.165) is 5.56 Å². The molecule has 2 aromatic rings. The van der Waals surface area contributed by atoms with Crippen LogP contribution in [0.25, 0.3) is 0 Å². The predicted molar refractivity (Wildman–Crippen MR) is 104 cm³/mol. The first kappa shape index (κ1) is 18.5. The molecule has 0 atom stereocenters. The number of nitrogens with one attached hydrogen (secondary N) is 2. The van der Waals surface area contributed by atoms with Crippen LogP contribution in [0.15, 0.2) is 43.1 Å². The van der Waals surface area contributed by atoms with E-state index in [1.54, 1.807) is 6.20 Å². The molecule has 25 heavy (non-hydrogen) atoms. The van der Waals surface area contributed by atoms with E-state index in [9.17, 15) is 0 Å². The van der Waals surface area contributed by atoms with Gasteiger partial charge in [-0.3, -0.25) is 0 Å². The molecule has 0 aliphatic heterocycles. The molecule has 7 heteroatoms. The summed E-state index contributed by atoms with van der Waals surface area (Å²) in [5, 5.41) is 15.3. The van der Waals surface area contributed by atoms with Gasteiger partial charge < -0.3 is 26.4 Å². The first-order valence-electron chi connectivity index (χ1n) is 8.27. The minimum Gasteiger partial charge on any atom is -0.395 e. The van der Waals surface area contributed by atoms with Crippen molar-refractivity contribution in [2.24, 2.45) is 0 Å². The lowest BCUT2D eigenvalue weighted by atomic mass is 10.2. The molecule has 2 rings (SSSR count). The number of nitrogens with zero attached hydrogens (tertiary/aromatic N) is 3. The number of hydrogen-bond donors (Lipinski definition) is 4. The number of hydrogen-bond acceptors (Lipinski definition) is 7. The van der Waals surface area contributed by atoms with Gasteiger partial charge in [-0.05, 0) is 25.6 Å². The zero-order chi connectivity index (χ0) is 18.2. The lowest BCUT2D eigenvalue weighted by Crippen LogP contribution is -2.27. The van der Waals surface area contributed by atoms with Crippen molar-refractivity contribution in [2.45, 2.75) is 26.4 Å². The Morgan fingerprint density at radius 3 is 2.56 bits per heavy atom. The predicted octanol–water partition coefficient (Wildman–Crippen LogP) is 2.43. The second-order valence-electron chi connectivity index (χ2n) is 5.81. The minimum atomic E-state index is -0.00873. The molecule has 1 aromatic carbocycles. The van der Waals surface area contributed by atoms with Gasteiger partial charge in [0.15, 0.2) is 11.6 Å². The first-order chi connectivity index (χ1) is 12.1. The monoisotopic (exact) mass is 342 g/mol. The molecular weight excluding hydrogens is 316 g/mol.